The van der Waals surface area contributed by atoms with Crippen molar-refractivity contribution in [3.8, 4) is 17.2 Å². The molecule has 0 heterocycles. The molecule has 94 valence electrons. The molecule has 0 saturated carbocycles. The summed E-state index contributed by atoms with van der Waals surface area (Å²) in [4.78, 5) is 9.97. The standard InChI is InChI=1S/C13H6F2N2O2/c14-9-2-1-8(7-16)11(5-9)12-6-10(17(18)19)3-4-13(12)15/h1-6H. The summed E-state index contributed by atoms with van der Waals surface area (Å²) in [5.74, 6) is -1.41. The van der Waals surface area contributed by atoms with Crippen LogP contribution in [0.3, 0.4) is 0 Å². The Labute approximate surface area is 106 Å². The van der Waals surface area contributed by atoms with Crippen LogP contribution in [0.4, 0.5) is 14.5 Å². The lowest BCUT2D eigenvalue weighted by molar-refractivity contribution is -0.384. The SMILES string of the molecule is N#Cc1ccc(F)cc1-c1cc([N+](=O)[O-])ccc1F. The molecule has 2 rings (SSSR count). The van der Waals surface area contributed by atoms with Crippen molar-refractivity contribution in [2.45, 2.75) is 0 Å². The monoisotopic (exact) mass is 260 g/mol. The predicted octanol–water partition coefficient (Wildman–Crippen LogP) is 3.41. The Kier molecular flexibility index (Phi) is 3.21. The van der Waals surface area contributed by atoms with Crippen molar-refractivity contribution >= 4 is 5.69 Å². The summed E-state index contributed by atoms with van der Waals surface area (Å²) in [5.41, 5.74) is -0.473. The number of nitrogens with zero attached hydrogens (tertiary/aromatic N) is 2. The summed E-state index contributed by atoms with van der Waals surface area (Å²) in [7, 11) is 0. The van der Waals surface area contributed by atoms with Crippen molar-refractivity contribution < 1.29 is 13.7 Å². The first-order valence-electron chi connectivity index (χ1n) is 5.17. The van der Waals surface area contributed by atoms with E-state index >= 15 is 0 Å². The fourth-order valence-corrected chi connectivity index (χ4v) is 1.67. The third-order valence-electron chi connectivity index (χ3n) is 2.55. The Balaban J connectivity index is 2.71. The fraction of sp³-hybridized carbons (Fsp3) is 0. The zero-order valence-corrected chi connectivity index (χ0v) is 9.43. The molecule has 0 aliphatic carbocycles. The number of hydrogen-bond acceptors (Lipinski definition) is 3. The number of halogens is 2. The molecule has 0 spiro atoms. The second-order valence-corrected chi connectivity index (χ2v) is 3.72. The quantitative estimate of drug-likeness (QED) is 0.613. The van der Waals surface area contributed by atoms with E-state index in [2.05, 4.69) is 0 Å². The van der Waals surface area contributed by atoms with Crippen LogP contribution < -0.4 is 0 Å². The number of nitriles is 1. The lowest BCUT2D eigenvalue weighted by atomic mass is 9.99. The van der Waals surface area contributed by atoms with Crippen molar-refractivity contribution in [2.24, 2.45) is 0 Å². The summed E-state index contributed by atoms with van der Waals surface area (Å²) < 4.78 is 26.9. The number of non-ortho nitro benzene ring substituents is 1. The highest BCUT2D eigenvalue weighted by Gasteiger charge is 2.15. The molecule has 6 heteroatoms. The molecule has 0 aliphatic heterocycles. The van der Waals surface area contributed by atoms with Gasteiger partial charge in [-0.25, -0.2) is 8.78 Å². The van der Waals surface area contributed by atoms with Crippen LogP contribution in [0.15, 0.2) is 36.4 Å². The van der Waals surface area contributed by atoms with Gasteiger partial charge in [-0.05, 0) is 24.3 Å². The lowest BCUT2D eigenvalue weighted by Gasteiger charge is -2.06. The summed E-state index contributed by atoms with van der Waals surface area (Å²) in [6.45, 7) is 0. The van der Waals surface area contributed by atoms with E-state index in [0.29, 0.717) is 0 Å². The number of nitro groups is 1. The third kappa shape index (κ3) is 2.40. The van der Waals surface area contributed by atoms with Gasteiger partial charge in [0.05, 0.1) is 16.6 Å². The maximum Gasteiger partial charge on any atom is 0.270 e. The molecule has 0 bridgehead atoms. The van der Waals surface area contributed by atoms with E-state index in [1.54, 1.807) is 6.07 Å². The maximum atomic E-state index is 13.7. The Morgan fingerprint density at radius 3 is 2.47 bits per heavy atom. The molecule has 0 amide bonds. The molecule has 19 heavy (non-hydrogen) atoms. The number of benzene rings is 2. The molecule has 0 aliphatic rings. The van der Waals surface area contributed by atoms with Crippen molar-refractivity contribution in [2.75, 3.05) is 0 Å². The summed E-state index contributed by atoms with van der Waals surface area (Å²) in [6, 6.07) is 7.93. The fourth-order valence-electron chi connectivity index (χ4n) is 1.67. The molecular weight excluding hydrogens is 254 g/mol. The van der Waals surface area contributed by atoms with Crippen LogP contribution in [-0.2, 0) is 0 Å². The zero-order valence-electron chi connectivity index (χ0n) is 9.43. The summed E-state index contributed by atoms with van der Waals surface area (Å²) in [6.07, 6.45) is 0. The summed E-state index contributed by atoms with van der Waals surface area (Å²) >= 11 is 0. The average Bonchev–Trinajstić information content (AvgIpc) is 2.39. The second-order valence-electron chi connectivity index (χ2n) is 3.72. The van der Waals surface area contributed by atoms with E-state index in [1.807, 2.05) is 0 Å². The van der Waals surface area contributed by atoms with E-state index in [-0.39, 0.29) is 22.4 Å². The molecule has 0 saturated heterocycles. The molecule has 2 aromatic carbocycles. The summed E-state index contributed by atoms with van der Waals surface area (Å²) in [5, 5.41) is 19.6. The van der Waals surface area contributed by atoms with Crippen molar-refractivity contribution in [1.29, 1.82) is 5.26 Å². The van der Waals surface area contributed by atoms with Gasteiger partial charge in [-0.2, -0.15) is 5.26 Å². The first-order chi connectivity index (χ1) is 9.02. The minimum atomic E-state index is -0.757. The van der Waals surface area contributed by atoms with Gasteiger partial charge in [-0.15, -0.1) is 0 Å². The highest BCUT2D eigenvalue weighted by atomic mass is 19.1. The minimum absolute atomic E-state index is 0.0105. The Morgan fingerprint density at radius 2 is 1.84 bits per heavy atom. The number of hydrogen-bond donors (Lipinski definition) is 0. The van der Waals surface area contributed by atoms with Gasteiger partial charge in [0.25, 0.3) is 5.69 Å². The van der Waals surface area contributed by atoms with Crippen LogP contribution in [0.5, 0.6) is 0 Å². The van der Waals surface area contributed by atoms with Crippen molar-refractivity contribution in [3.05, 3.63) is 63.7 Å². The van der Waals surface area contributed by atoms with Gasteiger partial charge < -0.3 is 0 Å². The van der Waals surface area contributed by atoms with Gasteiger partial charge in [-0.3, -0.25) is 10.1 Å². The van der Waals surface area contributed by atoms with Gasteiger partial charge in [-0.1, -0.05) is 0 Å². The van der Waals surface area contributed by atoms with Crippen molar-refractivity contribution in [1.82, 2.24) is 0 Å². The molecule has 0 atom stereocenters. The first kappa shape index (κ1) is 12.6. The van der Waals surface area contributed by atoms with Crippen LogP contribution in [0.2, 0.25) is 0 Å². The molecule has 0 aromatic heterocycles. The molecule has 0 radical (unpaired) electrons. The molecular formula is C13H6F2N2O2. The highest BCUT2D eigenvalue weighted by molar-refractivity contribution is 5.72. The van der Waals surface area contributed by atoms with Crippen LogP contribution in [-0.4, -0.2) is 4.92 Å². The molecule has 0 unspecified atom stereocenters. The van der Waals surface area contributed by atoms with Gasteiger partial charge in [0.2, 0.25) is 0 Å². The normalized spacial score (nSPS) is 9.95. The lowest BCUT2D eigenvalue weighted by Crippen LogP contribution is -1.93. The minimum Gasteiger partial charge on any atom is -0.258 e. The van der Waals surface area contributed by atoms with Crippen LogP contribution >= 0.6 is 0 Å². The second kappa shape index (κ2) is 4.82. The Morgan fingerprint density at radius 1 is 1.11 bits per heavy atom. The number of rotatable bonds is 2. The first-order valence-corrected chi connectivity index (χ1v) is 5.17. The van der Waals surface area contributed by atoms with E-state index in [1.165, 1.54) is 6.07 Å². The van der Waals surface area contributed by atoms with Gasteiger partial charge in [0.1, 0.15) is 11.6 Å². The topological polar surface area (TPSA) is 66.9 Å². The van der Waals surface area contributed by atoms with Crippen molar-refractivity contribution in [3.63, 3.8) is 0 Å². The van der Waals surface area contributed by atoms with E-state index in [4.69, 9.17) is 5.26 Å². The van der Waals surface area contributed by atoms with Crippen LogP contribution in [0.1, 0.15) is 5.56 Å². The molecule has 4 nitrogen and oxygen atoms in total. The zero-order chi connectivity index (χ0) is 14.0. The average molecular weight is 260 g/mol. The molecule has 2 aromatic rings. The van der Waals surface area contributed by atoms with Gasteiger partial charge in [0, 0.05) is 23.3 Å². The maximum absolute atomic E-state index is 13.7. The predicted molar refractivity (Wildman–Crippen MR) is 63.2 cm³/mol. The van der Waals surface area contributed by atoms with Gasteiger partial charge in [0.15, 0.2) is 0 Å². The van der Waals surface area contributed by atoms with Crippen LogP contribution in [0, 0.1) is 33.1 Å². The van der Waals surface area contributed by atoms with Crippen LogP contribution in [0.25, 0.3) is 11.1 Å². The molecule has 0 N–H and O–H groups in total. The third-order valence-corrected chi connectivity index (χ3v) is 2.55. The largest absolute Gasteiger partial charge is 0.270 e. The Hall–Kier alpha value is -2.81. The number of nitro benzene ring substituents is 1. The van der Waals surface area contributed by atoms with E-state index in [9.17, 15) is 18.9 Å². The van der Waals surface area contributed by atoms with E-state index < -0.39 is 16.6 Å². The van der Waals surface area contributed by atoms with E-state index in [0.717, 1.165) is 30.3 Å². The Bertz CT molecular complexity index is 708. The molecule has 0 fully saturated rings. The smallest absolute Gasteiger partial charge is 0.258 e. The van der Waals surface area contributed by atoms with Gasteiger partial charge >= 0.3 is 0 Å². The highest BCUT2D eigenvalue weighted by Crippen LogP contribution is 2.30.